The topological polar surface area (TPSA) is 38.0 Å². The zero-order valence-electron chi connectivity index (χ0n) is 8.93. The third-order valence-electron chi connectivity index (χ3n) is 2.07. The molecule has 0 bridgehead atoms. The highest BCUT2D eigenvalue weighted by molar-refractivity contribution is 5.68. The molecular weight excluding hydrogens is 172 g/mol. The van der Waals surface area contributed by atoms with Crippen molar-refractivity contribution < 1.29 is 0 Å². The lowest BCUT2D eigenvalue weighted by Gasteiger charge is -2.11. The summed E-state index contributed by atoms with van der Waals surface area (Å²) >= 11 is 0. The summed E-state index contributed by atoms with van der Waals surface area (Å²) < 4.78 is 0. The monoisotopic (exact) mass is 190 g/mol. The van der Waals surface area contributed by atoms with Crippen LogP contribution in [-0.2, 0) is 0 Å². The van der Waals surface area contributed by atoms with Gasteiger partial charge in [-0.05, 0) is 31.0 Å². The third kappa shape index (κ3) is 2.80. The van der Waals surface area contributed by atoms with Crippen LogP contribution >= 0.6 is 0 Å². The zero-order chi connectivity index (χ0) is 10.6. The van der Waals surface area contributed by atoms with Crippen molar-refractivity contribution >= 4 is 11.4 Å². The van der Waals surface area contributed by atoms with Gasteiger partial charge in [0.2, 0.25) is 0 Å². The summed E-state index contributed by atoms with van der Waals surface area (Å²) in [4.78, 5) is 0. The molecular formula is C12H18N2. The van der Waals surface area contributed by atoms with Crippen molar-refractivity contribution in [1.82, 2.24) is 0 Å². The largest absolute Gasteiger partial charge is 0.397 e. The minimum absolute atomic E-state index is 0.780. The number of nitrogens with two attached hydrogens (primary N) is 1. The highest BCUT2D eigenvalue weighted by Gasteiger charge is 1.99. The van der Waals surface area contributed by atoms with Crippen molar-refractivity contribution in [3.05, 3.63) is 36.0 Å². The number of hydrogen-bond donors (Lipinski definition) is 2. The maximum Gasteiger partial charge on any atom is 0.0615 e. The van der Waals surface area contributed by atoms with Gasteiger partial charge in [-0.15, -0.1) is 0 Å². The number of nitrogens with one attached hydrogen (secondary N) is 1. The molecule has 1 aromatic rings. The zero-order valence-corrected chi connectivity index (χ0v) is 8.93. The lowest BCUT2D eigenvalue weighted by Crippen LogP contribution is -2.01. The molecule has 0 aliphatic heterocycles. The lowest BCUT2D eigenvalue weighted by molar-refractivity contribution is 0.914. The Bertz CT molecular complexity index is 329. The fourth-order valence-corrected chi connectivity index (χ4v) is 1.35. The number of allylic oxidation sites excluding steroid dienone is 1. The van der Waals surface area contributed by atoms with Gasteiger partial charge in [0.05, 0.1) is 11.4 Å². The molecule has 0 spiro atoms. The molecule has 3 N–H and O–H groups in total. The van der Waals surface area contributed by atoms with Gasteiger partial charge in [0, 0.05) is 5.70 Å². The smallest absolute Gasteiger partial charge is 0.0615 e. The van der Waals surface area contributed by atoms with E-state index in [1.807, 2.05) is 25.1 Å². The van der Waals surface area contributed by atoms with Crippen LogP contribution in [-0.4, -0.2) is 0 Å². The Morgan fingerprint density at radius 1 is 1.50 bits per heavy atom. The average molecular weight is 190 g/mol. The molecule has 0 saturated carbocycles. The van der Waals surface area contributed by atoms with Gasteiger partial charge in [-0.1, -0.05) is 26.0 Å². The van der Waals surface area contributed by atoms with Crippen LogP contribution in [0, 0.1) is 6.92 Å². The van der Waals surface area contributed by atoms with Crippen molar-refractivity contribution in [2.24, 2.45) is 0 Å². The molecule has 0 amide bonds. The first-order chi connectivity index (χ1) is 6.63. The van der Waals surface area contributed by atoms with Gasteiger partial charge >= 0.3 is 0 Å². The van der Waals surface area contributed by atoms with E-state index in [0.717, 1.165) is 29.9 Å². The van der Waals surface area contributed by atoms with Crippen LogP contribution in [0.2, 0.25) is 0 Å². The number of nitrogen functional groups attached to an aromatic ring is 1. The van der Waals surface area contributed by atoms with Gasteiger partial charge in [-0.25, -0.2) is 0 Å². The third-order valence-corrected chi connectivity index (χ3v) is 2.07. The molecule has 0 aliphatic carbocycles. The van der Waals surface area contributed by atoms with Crippen LogP contribution in [0.4, 0.5) is 11.4 Å². The van der Waals surface area contributed by atoms with Crippen LogP contribution in [0.25, 0.3) is 0 Å². The molecule has 0 heterocycles. The number of aryl methyl sites for hydroxylation is 1. The molecule has 1 aromatic carbocycles. The van der Waals surface area contributed by atoms with Crippen LogP contribution in [0.1, 0.15) is 25.3 Å². The Balaban J connectivity index is 2.72. The van der Waals surface area contributed by atoms with Crippen molar-refractivity contribution in [2.45, 2.75) is 26.7 Å². The fourth-order valence-electron chi connectivity index (χ4n) is 1.35. The molecule has 0 saturated heterocycles. The number of anilines is 2. The molecule has 0 unspecified atom stereocenters. The molecule has 14 heavy (non-hydrogen) atoms. The van der Waals surface area contributed by atoms with Gasteiger partial charge in [0.25, 0.3) is 0 Å². The minimum atomic E-state index is 0.780. The quantitative estimate of drug-likeness (QED) is 0.715. The summed E-state index contributed by atoms with van der Waals surface area (Å²) in [6.45, 7) is 8.10. The van der Waals surface area contributed by atoms with E-state index in [-0.39, 0.29) is 0 Å². The number of benzene rings is 1. The van der Waals surface area contributed by atoms with Gasteiger partial charge in [0.15, 0.2) is 0 Å². The Labute approximate surface area is 85.8 Å². The van der Waals surface area contributed by atoms with Crippen molar-refractivity contribution in [1.29, 1.82) is 0 Å². The maximum absolute atomic E-state index is 5.86. The van der Waals surface area contributed by atoms with Crippen molar-refractivity contribution in [2.75, 3.05) is 11.1 Å². The van der Waals surface area contributed by atoms with Gasteiger partial charge in [-0.2, -0.15) is 0 Å². The summed E-state index contributed by atoms with van der Waals surface area (Å²) in [7, 11) is 0. The van der Waals surface area contributed by atoms with Crippen LogP contribution in [0.3, 0.4) is 0 Å². The predicted molar refractivity (Wildman–Crippen MR) is 63.3 cm³/mol. The summed E-state index contributed by atoms with van der Waals surface area (Å²) in [5.74, 6) is 0. The van der Waals surface area contributed by atoms with Gasteiger partial charge in [0.1, 0.15) is 0 Å². The summed E-state index contributed by atoms with van der Waals surface area (Å²) in [5.41, 5.74) is 9.79. The fraction of sp³-hybridized carbons (Fsp3) is 0.333. The molecule has 1 rings (SSSR count). The molecule has 0 aliphatic rings. The number of rotatable bonds is 4. The van der Waals surface area contributed by atoms with Crippen LogP contribution in [0.5, 0.6) is 0 Å². The van der Waals surface area contributed by atoms with E-state index in [0.29, 0.717) is 0 Å². The molecule has 0 radical (unpaired) electrons. The molecule has 0 fully saturated rings. The Hall–Kier alpha value is -1.44. The Morgan fingerprint density at radius 3 is 2.79 bits per heavy atom. The van der Waals surface area contributed by atoms with Crippen LogP contribution in [0.15, 0.2) is 30.5 Å². The van der Waals surface area contributed by atoms with Crippen LogP contribution < -0.4 is 11.1 Å². The molecule has 76 valence electrons. The normalized spacial score (nSPS) is 9.86. The van der Waals surface area contributed by atoms with E-state index >= 15 is 0 Å². The van der Waals surface area contributed by atoms with E-state index < -0.39 is 0 Å². The molecule has 0 aromatic heterocycles. The second-order valence-corrected chi connectivity index (χ2v) is 3.57. The van der Waals surface area contributed by atoms with E-state index in [1.165, 1.54) is 5.56 Å². The predicted octanol–water partition coefficient (Wildman–Crippen LogP) is 3.30. The SMILES string of the molecule is C=C(CCC)Nc1ccc(C)cc1N. The van der Waals surface area contributed by atoms with Crippen molar-refractivity contribution in [3.63, 3.8) is 0 Å². The van der Waals surface area contributed by atoms with Crippen molar-refractivity contribution in [3.8, 4) is 0 Å². The molecule has 2 heteroatoms. The Morgan fingerprint density at radius 2 is 2.21 bits per heavy atom. The highest BCUT2D eigenvalue weighted by Crippen LogP contribution is 2.21. The van der Waals surface area contributed by atoms with Gasteiger partial charge in [-0.3, -0.25) is 0 Å². The minimum Gasteiger partial charge on any atom is -0.397 e. The first-order valence-corrected chi connectivity index (χ1v) is 4.94. The lowest BCUT2D eigenvalue weighted by atomic mass is 10.2. The summed E-state index contributed by atoms with van der Waals surface area (Å²) in [6, 6.07) is 5.99. The first-order valence-electron chi connectivity index (χ1n) is 4.94. The summed E-state index contributed by atoms with van der Waals surface area (Å²) in [6.07, 6.45) is 2.07. The average Bonchev–Trinajstić information content (AvgIpc) is 2.10. The van der Waals surface area contributed by atoms with E-state index in [4.69, 9.17) is 5.73 Å². The molecule has 2 nitrogen and oxygen atoms in total. The highest BCUT2D eigenvalue weighted by atomic mass is 14.9. The second kappa shape index (κ2) is 4.70. The molecule has 0 atom stereocenters. The first kappa shape index (κ1) is 10.6. The standard InChI is InChI=1S/C12H18N2/c1-4-5-10(3)14-12-7-6-9(2)8-11(12)13/h6-8,14H,3-5,13H2,1-2H3. The maximum atomic E-state index is 5.86. The Kier molecular flexibility index (Phi) is 3.57. The summed E-state index contributed by atoms with van der Waals surface area (Å²) in [5, 5.41) is 3.22. The van der Waals surface area contributed by atoms with E-state index in [1.54, 1.807) is 0 Å². The van der Waals surface area contributed by atoms with E-state index in [9.17, 15) is 0 Å². The number of hydrogen-bond acceptors (Lipinski definition) is 2. The van der Waals surface area contributed by atoms with Gasteiger partial charge < -0.3 is 11.1 Å². The van der Waals surface area contributed by atoms with E-state index in [2.05, 4.69) is 18.8 Å². The second-order valence-electron chi connectivity index (χ2n) is 3.57.